The summed E-state index contributed by atoms with van der Waals surface area (Å²) in [5.41, 5.74) is 0.351. The van der Waals surface area contributed by atoms with Crippen molar-refractivity contribution in [3.63, 3.8) is 0 Å². The molecule has 0 radical (unpaired) electrons. The zero-order chi connectivity index (χ0) is 13.5. The van der Waals surface area contributed by atoms with Gasteiger partial charge in [-0.2, -0.15) is 0 Å². The van der Waals surface area contributed by atoms with Gasteiger partial charge in [0.15, 0.2) is 0 Å². The highest BCUT2D eigenvalue weighted by atomic mass is 16.5. The number of nitrogens with one attached hydrogen (secondary N) is 2. The molecule has 1 fully saturated rings. The molecule has 1 aliphatic rings. The maximum absolute atomic E-state index is 11.8. The third-order valence-electron chi connectivity index (χ3n) is 3.10. The first-order chi connectivity index (χ1) is 9.29. The number of rotatable bonds is 6. The van der Waals surface area contributed by atoms with Crippen LogP contribution < -0.4 is 10.6 Å². The second-order valence-electron chi connectivity index (χ2n) is 4.59. The number of anilines is 1. The number of hydrogen-bond donors (Lipinski definition) is 2. The summed E-state index contributed by atoms with van der Waals surface area (Å²) >= 11 is 0. The van der Waals surface area contributed by atoms with Crippen LogP contribution in [-0.4, -0.2) is 42.2 Å². The van der Waals surface area contributed by atoms with E-state index in [2.05, 4.69) is 20.6 Å². The van der Waals surface area contributed by atoms with Crippen LogP contribution in [0.1, 0.15) is 30.3 Å². The van der Waals surface area contributed by atoms with Crippen LogP contribution in [-0.2, 0) is 4.74 Å². The van der Waals surface area contributed by atoms with Crippen molar-refractivity contribution in [2.45, 2.75) is 19.8 Å². The minimum Gasteiger partial charge on any atom is -0.381 e. The Balaban J connectivity index is 1.75. The highest BCUT2D eigenvalue weighted by molar-refractivity contribution is 5.91. The van der Waals surface area contributed by atoms with Gasteiger partial charge in [-0.1, -0.05) is 0 Å². The summed E-state index contributed by atoms with van der Waals surface area (Å²) in [5, 5.41) is 5.89. The fourth-order valence-electron chi connectivity index (χ4n) is 2.01. The lowest BCUT2D eigenvalue weighted by Gasteiger charge is -2.08. The molecular weight excluding hydrogens is 244 g/mol. The van der Waals surface area contributed by atoms with Gasteiger partial charge in [0.1, 0.15) is 11.5 Å². The van der Waals surface area contributed by atoms with Gasteiger partial charge in [0.25, 0.3) is 5.91 Å². The highest BCUT2D eigenvalue weighted by Gasteiger charge is 2.15. The monoisotopic (exact) mass is 264 g/mol. The second kappa shape index (κ2) is 7.04. The van der Waals surface area contributed by atoms with Crippen molar-refractivity contribution in [2.75, 3.05) is 31.6 Å². The smallest absolute Gasteiger partial charge is 0.271 e. The molecule has 1 unspecified atom stereocenters. The number of ether oxygens (including phenoxy) is 1. The summed E-state index contributed by atoms with van der Waals surface area (Å²) < 4.78 is 5.29. The van der Waals surface area contributed by atoms with Crippen LogP contribution >= 0.6 is 0 Å². The molecule has 19 heavy (non-hydrogen) atoms. The fourth-order valence-corrected chi connectivity index (χ4v) is 2.01. The third-order valence-corrected chi connectivity index (χ3v) is 3.10. The molecule has 104 valence electrons. The Bertz CT molecular complexity index is 402. The van der Waals surface area contributed by atoms with Crippen LogP contribution in [0.5, 0.6) is 0 Å². The number of amides is 1. The van der Waals surface area contributed by atoms with Crippen LogP contribution in [0.4, 0.5) is 5.82 Å². The number of carbonyl (C=O) groups excluding carboxylic acids is 1. The quantitative estimate of drug-likeness (QED) is 0.803. The van der Waals surface area contributed by atoms with E-state index in [1.807, 2.05) is 6.92 Å². The van der Waals surface area contributed by atoms with Crippen molar-refractivity contribution >= 4 is 11.7 Å². The maximum Gasteiger partial charge on any atom is 0.271 e. The van der Waals surface area contributed by atoms with Crippen molar-refractivity contribution in [1.82, 2.24) is 15.3 Å². The third kappa shape index (κ3) is 4.17. The van der Waals surface area contributed by atoms with E-state index in [4.69, 9.17) is 4.74 Å². The highest BCUT2D eigenvalue weighted by Crippen LogP contribution is 2.15. The average molecular weight is 264 g/mol. The van der Waals surface area contributed by atoms with Crippen molar-refractivity contribution in [2.24, 2.45) is 5.92 Å². The first-order valence-corrected chi connectivity index (χ1v) is 6.71. The summed E-state index contributed by atoms with van der Waals surface area (Å²) in [7, 11) is 0. The van der Waals surface area contributed by atoms with Gasteiger partial charge >= 0.3 is 0 Å². The minimum absolute atomic E-state index is 0.172. The zero-order valence-corrected chi connectivity index (χ0v) is 11.2. The summed E-state index contributed by atoms with van der Waals surface area (Å²) in [6, 6.07) is 0. The van der Waals surface area contributed by atoms with Gasteiger partial charge in [0.2, 0.25) is 0 Å². The molecule has 6 heteroatoms. The van der Waals surface area contributed by atoms with E-state index in [-0.39, 0.29) is 5.91 Å². The van der Waals surface area contributed by atoms with Crippen molar-refractivity contribution in [3.8, 4) is 0 Å². The Morgan fingerprint density at radius 1 is 1.47 bits per heavy atom. The molecule has 2 heterocycles. The molecule has 0 spiro atoms. The lowest BCUT2D eigenvalue weighted by Crippen LogP contribution is -2.27. The Labute approximate surface area is 113 Å². The lowest BCUT2D eigenvalue weighted by molar-refractivity contribution is 0.0945. The standard InChI is InChI=1S/C13H20N4O2/c1-2-14-12-8-16-11(7-17-12)13(18)15-5-3-10-4-6-19-9-10/h7-8,10H,2-6,9H2,1H3,(H,14,17)(H,15,18). The van der Waals surface area contributed by atoms with Gasteiger partial charge in [-0.3, -0.25) is 4.79 Å². The van der Waals surface area contributed by atoms with Crippen LogP contribution in [0.15, 0.2) is 12.4 Å². The largest absolute Gasteiger partial charge is 0.381 e. The van der Waals surface area contributed by atoms with Crippen LogP contribution in [0.3, 0.4) is 0 Å². The van der Waals surface area contributed by atoms with Crippen molar-refractivity contribution in [1.29, 1.82) is 0 Å². The summed E-state index contributed by atoms with van der Waals surface area (Å²) in [6.07, 6.45) is 5.11. The molecule has 2 rings (SSSR count). The Morgan fingerprint density at radius 2 is 2.37 bits per heavy atom. The molecule has 1 amide bonds. The van der Waals surface area contributed by atoms with Gasteiger partial charge in [-0.25, -0.2) is 9.97 Å². The molecule has 2 N–H and O–H groups in total. The van der Waals surface area contributed by atoms with Gasteiger partial charge < -0.3 is 15.4 Å². The average Bonchev–Trinajstić information content (AvgIpc) is 2.93. The zero-order valence-electron chi connectivity index (χ0n) is 11.2. The van der Waals surface area contributed by atoms with Crippen molar-refractivity contribution in [3.05, 3.63) is 18.1 Å². The summed E-state index contributed by atoms with van der Waals surface area (Å²) in [4.78, 5) is 20.0. The van der Waals surface area contributed by atoms with Gasteiger partial charge in [-0.05, 0) is 25.7 Å². The molecule has 6 nitrogen and oxygen atoms in total. The topological polar surface area (TPSA) is 76.1 Å². The van der Waals surface area contributed by atoms with E-state index < -0.39 is 0 Å². The SMILES string of the molecule is CCNc1cnc(C(=O)NCCC2CCOC2)cn1. The van der Waals surface area contributed by atoms with E-state index >= 15 is 0 Å². The van der Waals surface area contributed by atoms with E-state index in [0.717, 1.165) is 32.6 Å². The minimum atomic E-state index is -0.172. The summed E-state index contributed by atoms with van der Waals surface area (Å²) in [5.74, 6) is 1.08. The number of hydrogen-bond acceptors (Lipinski definition) is 5. The number of nitrogens with zero attached hydrogens (tertiary/aromatic N) is 2. The van der Waals surface area contributed by atoms with E-state index in [1.54, 1.807) is 6.20 Å². The molecule has 1 saturated heterocycles. The molecular formula is C13H20N4O2. The Morgan fingerprint density at radius 3 is 3.00 bits per heavy atom. The first-order valence-electron chi connectivity index (χ1n) is 6.71. The molecule has 0 bridgehead atoms. The molecule has 0 aliphatic carbocycles. The molecule has 0 aromatic carbocycles. The number of carbonyl (C=O) groups is 1. The lowest BCUT2D eigenvalue weighted by atomic mass is 10.1. The van der Waals surface area contributed by atoms with Gasteiger partial charge in [0.05, 0.1) is 12.4 Å². The molecule has 1 aliphatic heterocycles. The summed E-state index contributed by atoms with van der Waals surface area (Å²) in [6.45, 7) is 5.07. The van der Waals surface area contributed by atoms with Crippen LogP contribution in [0, 0.1) is 5.92 Å². The van der Waals surface area contributed by atoms with E-state index in [0.29, 0.717) is 24.0 Å². The molecule has 1 aromatic heterocycles. The Hall–Kier alpha value is -1.69. The molecule has 1 atom stereocenters. The maximum atomic E-state index is 11.8. The normalized spacial score (nSPS) is 18.3. The van der Waals surface area contributed by atoms with Crippen LogP contribution in [0.25, 0.3) is 0 Å². The molecule has 0 saturated carbocycles. The van der Waals surface area contributed by atoms with E-state index in [1.165, 1.54) is 6.20 Å². The van der Waals surface area contributed by atoms with Gasteiger partial charge in [0, 0.05) is 26.3 Å². The number of aromatic nitrogens is 2. The van der Waals surface area contributed by atoms with Crippen molar-refractivity contribution < 1.29 is 9.53 Å². The van der Waals surface area contributed by atoms with Crippen LogP contribution in [0.2, 0.25) is 0 Å². The van der Waals surface area contributed by atoms with Gasteiger partial charge in [-0.15, -0.1) is 0 Å². The Kier molecular flexibility index (Phi) is 5.09. The first kappa shape index (κ1) is 13.7. The second-order valence-corrected chi connectivity index (χ2v) is 4.59. The fraction of sp³-hybridized carbons (Fsp3) is 0.615. The predicted octanol–water partition coefficient (Wildman–Crippen LogP) is 1.06. The van der Waals surface area contributed by atoms with E-state index in [9.17, 15) is 4.79 Å². The molecule has 1 aromatic rings. The predicted molar refractivity (Wildman–Crippen MR) is 72.1 cm³/mol.